The number of methoxy groups -OCH3 is 1. The van der Waals surface area contributed by atoms with Gasteiger partial charge in [-0.25, -0.2) is 9.37 Å². The lowest BCUT2D eigenvalue weighted by atomic mass is 10.0. The summed E-state index contributed by atoms with van der Waals surface area (Å²) in [7, 11) is 3.29. The third kappa shape index (κ3) is 2.07. The Morgan fingerprint density at radius 1 is 1.32 bits per heavy atom. The molecule has 0 aliphatic rings. The summed E-state index contributed by atoms with van der Waals surface area (Å²) in [6.45, 7) is 0. The molecule has 0 aliphatic heterocycles. The summed E-state index contributed by atoms with van der Waals surface area (Å²) in [5, 5.41) is 11.6. The second kappa shape index (κ2) is 5.10. The molecule has 22 heavy (non-hydrogen) atoms. The van der Waals surface area contributed by atoms with E-state index in [-0.39, 0.29) is 11.3 Å². The van der Waals surface area contributed by atoms with E-state index in [9.17, 15) is 14.5 Å². The largest absolute Gasteiger partial charge is 0.479 e. The van der Waals surface area contributed by atoms with E-state index in [0.29, 0.717) is 22.3 Å². The van der Waals surface area contributed by atoms with Crippen LogP contribution < -0.4 is 4.74 Å². The molecule has 3 aromatic rings. The Labute approximate surface area is 124 Å². The van der Waals surface area contributed by atoms with Gasteiger partial charge in [-0.15, -0.1) is 0 Å². The number of nitro benzene ring substituents is 1. The van der Waals surface area contributed by atoms with E-state index < -0.39 is 10.7 Å². The minimum absolute atomic E-state index is 0.158. The molecule has 7 heteroatoms. The second-order valence-electron chi connectivity index (χ2n) is 4.79. The van der Waals surface area contributed by atoms with Crippen LogP contribution in [0.3, 0.4) is 0 Å². The van der Waals surface area contributed by atoms with Crippen LogP contribution in [0.2, 0.25) is 0 Å². The summed E-state index contributed by atoms with van der Waals surface area (Å²) in [5.74, 6) is -0.106. The van der Waals surface area contributed by atoms with Crippen molar-refractivity contribution in [2.75, 3.05) is 7.11 Å². The highest BCUT2D eigenvalue weighted by Gasteiger charge is 2.18. The van der Waals surface area contributed by atoms with Crippen LogP contribution >= 0.6 is 0 Å². The van der Waals surface area contributed by atoms with Crippen molar-refractivity contribution in [2.24, 2.45) is 7.05 Å². The maximum Gasteiger partial charge on any atom is 0.270 e. The van der Waals surface area contributed by atoms with Crippen molar-refractivity contribution in [1.82, 2.24) is 9.55 Å². The van der Waals surface area contributed by atoms with Gasteiger partial charge in [0.1, 0.15) is 11.3 Å². The van der Waals surface area contributed by atoms with E-state index >= 15 is 0 Å². The molecule has 3 rings (SSSR count). The maximum atomic E-state index is 14.2. The summed E-state index contributed by atoms with van der Waals surface area (Å²) in [5.41, 5.74) is 1.27. The summed E-state index contributed by atoms with van der Waals surface area (Å²) in [4.78, 5) is 14.5. The molecule has 2 heterocycles. The first-order valence-corrected chi connectivity index (χ1v) is 6.45. The zero-order valence-corrected chi connectivity index (χ0v) is 11.9. The number of rotatable bonds is 3. The molecule has 0 amide bonds. The molecule has 0 bridgehead atoms. The van der Waals surface area contributed by atoms with Gasteiger partial charge < -0.3 is 9.30 Å². The minimum Gasteiger partial charge on any atom is -0.479 e. The van der Waals surface area contributed by atoms with Crippen LogP contribution in [0.4, 0.5) is 10.1 Å². The Kier molecular flexibility index (Phi) is 3.25. The number of benzene rings is 1. The number of nitro groups is 1. The van der Waals surface area contributed by atoms with Gasteiger partial charge in [-0.3, -0.25) is 10.1 Å². The third-order valence-corrected chi connectivity index (χ3v) is 3.50. The van der Waals surface area contributed by atoms with Crippen LogP contribution in [0.25, 0.3) is 22.0 Å². The minimum atomic E-state index is -0.545. The Hall–Kier alpha value is -2.96. The number of ether oxygens (including phenoxy) is 1. The zero-order valence-electron chi connectivity index (χ0n) is 11.9. The molecule has 0 N–H and O–H groups in total. The van der Waals surface area contributed by atoms with Gasteiger partial charge in [0.15, 0.2) is 0 Å². The van der Waals surface area contributed by atoms with Crippen LogP contribution in [0, 0.1) is 15.9 Å². The third-order valence-electron chi connectivity index (χ3n) is 3.50. The summed E-state index contributed by atoms with van der Waals surface area (Å²) in [6, 6.07) is 5.21. The Bertz CT molecular complexity index is 889. The van der Waals surface area contributed by atoms with Crippen LogP contribution in [-0.2, 0) is 7.05 Å². The fraction of sp³-hybridized carbons (Fsp3) is 0.133. The van der Waals surface area contributed by atoms with Gasteiger partial charge in [0, 0.05) is 48.1 Å². The van der Waals surface area contributed by atoms with Crippen molar-refractivity contribution in [3.63, 3.8) is 0 Å². The molecule has 0 spiro atoms. The normalized spacial score (nSPS) is 10.9. The molecule has 0 saturated heterocycles. The molecule has 0 aliphatic carbocycles. The van der Waals surface area contributed by atoms with Gasteiger partial charge in [-0.2, -0.15) is 0 Å². The van der Waals surface area contributed by atoms with Crippen molar-refractivity contribution in [2.45, 2.75) is 0 Å². The van der Waals surface area contributed by atoms with Crippen LogP contribution in [0.5, 0.6) is 5.88 Å². The van der Waals surface area contributed by atoms with Gasteiger partial charge in [0.05, 0.1) is 12.0 Å². The monoisotopic (exact) mass is 301 g/mol. The summed E-state index contributed by atoms with van der Waals surface area (Å²) in [6.07, 6.45) is 3.26. The van der Waals surface area contributed by atoms with Gasteiger partial charge in [0.2, 0.25) is 5.88 Å². The number of hydrogen-bond donors (Lipinski definition) is 0. The lowest BCUT2D eigenvalue weighted by Crippen LogP contribution is -1.92. The van der Waals surface area contributed by atoms with Crippen molar-refractivity contribution < 1.29 is 14.1 Å². The Morgan fingerprint density at radius 2 is 2.09 bits per heavy atom. The molecule has 2 aromatic heterocycles. The highest BCUT2D eigenvalue weighted by molar-refractivity contribution is 5.98. The number of aromatic nitrogens is 2. The van der Waals surface area contributed by atoms with E-state index in [0.717, 1.165) is 12.1 Å². The van der Waals surface area contributed by atoms with Crippen LogP contribution in [0.1, 0.15) is 0 Å². The lowest BCUT2D eigenvalue weighted by Gasteiger charge is -2.04. The molecule has 6 nitrogen and oxygen atoms in total. The quantitative estimate of drug-likeness (QED) is 0.550. The summed E-state index contributed by atoms with van der Waals surface area (Å²) < 4.78 is 21.1. The highest BCUT2D eigenvalue weighted by atomic mass is 19.1. The second-order valence-corrected chi connectivity index (χ2v) is 4.79. The van der Waals surface area contributed by atoms with E-state index in [4.69, 9.17) is 4.74 Å². The van der Waals surface area contributed by atoms with Gasteiger partial charge in [0.25, 0.3) is 5.69 Å². The van der Waals surface area contributed by atoms with Gasteiger partial charge in [-0.1, -0.05) is 0 Å². The highest BCUT2D eigenvalue weighted by Crippen LogP contribution is 2.36. The molecular weight excluding hydrogens is 289 g/mol. The fourth-order valence-corrected chi connectivity index (χ4v) is 2.52. The smallest absolute Gasteiger partial charge is 0.270 e. The molecule has 112 valence electrons. The van der Waals surface area contributed by atoms with E-state index in [1.165, 1.54) is 13.2 Å². The number of aryl methyl sites for hydroxylation is 1. The predicted octanol–water partition coefficient (Wildman–Crippen LogP) is 3.30. The van der Waals surface area contributed by atoms with E-state index in [1.807, 2.05) is 0 Å². The molecular formula is C15H12FN3O3. The topological polar surface area (TPSA) is 70.2 Å². The Morgan fingerprint density at radius 3 is 2.77 bits per heavy atom. The number of pyridine rings is 1. The first kappa shape index (κ1) is 14.0. The molecule has 0 fully saturated rings. The zero-order chi connectivity index (χ0) is 15.9. The van der Waals surface area contributed by atoms with Crippen molar-refractivity contribution in [3.05, 3.63) is 52.6 Å². The Balaban J connectivity index is 2.32. The lowest BCUT2D eigenvalue weighted by molar-refractivity contribution is -0.384. The number of hydrogen-bond acceptors (Lipinski definition) is 4. The number of nitrogens with zero attached hydrogens (tertiary/aromatic N) is 3. The number of halogens is 1. The molecule has 0 saturated carbocycles. The first-order valence-electron chi connectivity index (χ1n) is 6.45. The number of fused-ring (bicyclic) bond motifs is 1. The van der Waals surface area contributed by atoms with E-state index in [2.05, 4.69) is 4.98 Å². The molecule has 0 unspecified atom stereocenters. The average molecular weight is 301 g/mol. The van der Waals surface area contributed by atoms with Crippen LogP contribution in [0.15, 0.2) is 36.7 Å². The fourth-order valence-electron chi connectivity index (χ4n) is 2.52. The van der Waals surface area contributed by atoms with Crippen molar-refractivity contribution in [1.29, 1.82) is 0 Å². The van der Waals surface area contributed by atoms with Crippen LogP contribution in [-0.4, -0.2) is 21.6 Å². The summed E-state index contributed by atoms with van der Waals surface area (Å²) >= 11 is 0. The predicted molar refractivity (Wildman–Crippen MR) is 79.3 cm³/mol. The molecule has 1 aromatic carbocycles. The maximum absolute atomic E-state index is 14.2. The first-order chi connectivity index (χ1) is 10.5. The standard InChI is InChI=1S/C15H12FN3O3/c1-18-8-12(10-5-6-17-15(22-2)14(10)18)11-7-9(19(20)21)3-4-13(11)16/h3-8H,1-2H3. The molecule has 0 radical (unpaired) electrons. The molecule has 0 atom stereocenters. The van der Waals surface area contributed by atoms with Crippen molar-refractivity contribution >= 4 is 16.6 Å². The number of non-ortho nitro benzene ring substituents is 1. The van der Waals surface area contributed by atoms with Gasteiger partial charge >= 0.3 is 0 Å². The van der Waals surface area contributed by atoms with E-state index in [1.54, 1.807) is 30.1 Å². The SMILES string of the molecule is COc1nccc2c(-c3cc([N+](=O)[O-])ccc3F)cn(C)c12. The van der Waals surface area contributed by atoms with Crippen molar-refractivity contribution in [3.8, 4) is 17.0 Å². The average Bonchev–Trinajstić information content (AvgIpc) is 2.85. The van der Waals surface area contributed by atoms with Gasteiger partial charge in [-0.05, 0) is 12.1 Å².